The standard InChI is InChI=1S/C12H11Br2N3OS2/c1-6-3-8(13)11(9(14)4-6)15-10(18)5-19-12-17-16-7(2)20-12/h3-4H,5H2,1-2H3,(H,15,18). The zero-order chi connectivity index (χ0) is 14.7. The van der Waals surface area contributed by atoms with E-state index in [-0.39, 0.29) is 5.91 Å². The van der Waals surface area contributed by atoms with Gasteiger partial charge in [0.1, 0.15) is 5.01 Å². The van der Waals surface area contributed by atoms with E-state index in [9.17, 15) is 4.79 Å². The van der Waals surface area contributed by atoms with E-state index in [0.717, 1.165) is 29.5 Å². The van der Waals surface area contributed by atoms with Crippen molar-refractivity contribution in [1.29, 1.82) is 0 Å². The fourth-order valence-electron chi connectivity index (χ4n) is 1.46. The number of hydrogen-bond acceptors (Lipinski definition) is 5. The monoisotopic (exact) mass is 435 g/mol. The Hall–Kier alpha value is -0.440. The third-order valence-corrected chi connectivity index (χ3v) is 5.51. The summed E-state index contributed by atoms with van der Waals surface area (Å²) in [5, 5.41) is 11.7. The lowest BCUT2D eigenvalue weighted by Crippen LogP contribution is -2.14. The van der Waals surface area contributed by atoms with Crippen molar-refractivity contribution in [3.05, 3.63) is 31.6 Å². The molecule has 1 N–H and O–H groups in total. The highest BCUT2D eigenvalue weighted by atomic mass is 79.9. The second-order valence-corrected chi connectivity index (χ2v) is 8.14. The number of nitrogens with one attached hydrogen (secondary N) is 1. The highest BCUT2D eigenvalue weighted by Gasteiger charge is 2.11. The molecule has 0 spiro atoms. The minimum Gasteiger partial charge on any atom is -0.323 e. The molecule has 106 valence electrons. The van der Waals surface area contributed by atoms with E-state index < -0.39 is 0 Å². The van der Waals surface area contributed by atoms with Crippen LogP contribution in [0.2, 0.25) is 0 Å². The number of aryl methyl sites for hydroxylation is 2. The van der Waals surface area contributed by atoms with Gasteiger partial charge in [-0.1, -0.05) is 23.1 Å². The average Bonchev–Trinajstić information content (AvgIpc) is 2.77. The number of halogens is 2. The molecule has 0 aliphatic rings. The fraction of sp³-hybridized carbons (Fsp3) is 0.250. The van der Waals surface area contributed by atoms with Crippen LogP contribution in [-0.2, 0) is 4.79 Å². The van der Waals surface area contributed by atoms with Gasteiger partial charge in [0.2, 0.25) is 5.91 Å². The van der Waals surface area contributed by atoms with Gasteiger partial charge < -0.3 is 5.32 Å². The van der Waals surface area contributed by atoms with Crippen LogP contribution in [0.25, 0.3) is 0 Å². The Morgan fingerprint density at radius 1 is 1.30 bits per heavy atom. The molecule has 0 saturated heterocycles. The van der Waals surface area contributed by atoms with Crippen LogP contribution in [0.3, 0.4) is 0 Å². The number of amides is 1. The Bertz CT molecular complexity index is 622. The van der Waals surface area contributed by atoms with Gasteiger partial charge in [-0.25, -0.2) is 0 Å². The van der Waals surface area contributed by atoms with E-state index in [1.54, 1.807) is 0 Å². The molecule has 1 heterocycles. The summed E-state index contributed by atoms with van der Waals surface area (Å²) in [6, 6.07) is 3.92. The number of carbonyl (C=O) groups excluding carboxylic acids is 1. The highest BCUT2D eigenvalue weighted by molar-refractivity contribution is 9.11. The van der Waals surface area contributed by atoms with Crippen molar-refractivity contribution < 1.29 is 4.79 Å². The van der Waals surface area contributed by atoms with Crippen molar-refractivity contribution in [1.82, 2.24) is 10.2 Å². The van der Waals surface area contributed by atoms with Crippen molar-refractivity contribution >= 4 is 66.6 Å². The first-order chi connectivity index (χ1) is 9.45. The largest absolute Gasteiger partial charge is 0.323 e. The van der Waals surface area contributed by atoms with Crippen molar-refractivity contribution in [2.24, 2.45) is 0 Å². The van der Waals surface area contributed by atoms with Crippen molar-refractivity contribution in [3.63, 3.8) is 0 Å². The smallest absolute Gasteiger partial charge is 0.234 e. The topological polar surface area (TPSA) is 54.9 Å². The van der Waals surface area contributed by atoms with E-state index >= 15 is 0 Å². The van der Waals surface area contributed by atoms with Crippen LogP contribution in [0.5, 0.6) is 0 Å². The van der Waals surface area contributed by atoms with E-state index in [2.05, 4.69) is 47.4 Å². The molecule has 2 rings (SSSR count). The SMILES string of the molecule is Cc1cc(Br)c(NC(=O)CSc2nnc(C)s2)c(Br)c1. The summed E-state index contributed by atoms with van der Waals surface area (Å²) in [6.07, 6.45) is 0. The van der Waals surface area contributed by atoms with Gasteiger partial charge in [0.15, 0.2) is 4.34 Å². The molecule has 0 aliphatic heterocycles. The molecular formula is C12H11Br2N3OS2. The van der Waals surface area contributed by atoms with Gasteiger partial charge in [0.05, 0.1) is 11.4 Å². The maximum atomic E-state index is 12.0. The summed E-state index contributed by atoms with van der Waals surface area (Å²) < 4.78 is 2.52. The molecule has 0 fully saturated rings. The molecule has 2 aromatic rings. The second-order valence-electron chi connectivity index (χ2n) is 4.03. The van der Waals surface area contributed by atoms with E-state index in [0.29, 0.717) is 5.75 Å². The second kappa shape index (κ2) is 7.02. The first kappa shape index (κ1) is 15.9. The van der Waals surface area contributed by atoms with Crippen LogP contribution in [-0.4, -0.2) is 21.9 Å². The number of thioether (sulfide) groups is 1. The van der Waals surface area contributed by atoms with Crippen LogP contribution in [0.15, 0.2) is 25.4 Å². The Morgan fingerprint density at radius 2 is 1.95 bits per heavy atom. The van der Waals surface area contributed by atoms with Crippen molar-refractivity contribution in [2.75, 3.05) is 11.1 Å². The van der Waals surface area contributed by atoms with Gasteiger partial charge in [-0.15, -0.1) is 10.2 Å². The van der Waals surface area contributed by atoms with Crippen molar-refractivity contribution in [2.45, 2.75) is 18.2 Å². The summed E-state index contributed by atoms with van der Waals surface area (Å²) >= 11 is 9.78. The molecule has 8 heteroatoms. The number of nitrogens with zero attached hydrogens (tertiary/aromatic N) is 2. The Balaban J connectivity index is 1.98. The zero-order valence-corrected chi connectivity index (χ0v) is 15.5. The third kappa shape index (κ3) is 4.28. The molecule has 0 radical (unpaired) electrons. The van der Waals surface area contributed by atoms with Gasteiger partial charge in [-0.05, 0) is 63.4 Å². The van der Waals surface area contributed by atoms with Gasteiger partial charge in [-0.3, -0.25) is 4.79 Å². The molecule has 0 atom stereocenters. The molecule has 0 aliphatic carbocycles. The van der Waals surface area contributed by atoms with Crippen LogP contribution >= 0.6 is 55.0 Å². The maximum Gasteiger partial charge on any atom is 0.234 e. The minimum atomic E-state index is -0.0758. The molecule has 4 nitrogen and oxygen atoms in total. The van der Waals surface area contributed by atoms with E-state index in [1.807, 2.05) is 26.0 Å². The van der Waals surface area contributed by atoms with E-state index in [4.69, 9.17) is 0 Å². The molecule has 0 bridgehead atoms. The number of rotatable bonds is 4. The first-order valence-corrected chi connectivity index (χ1v) is 9.03. The normalized spacial score (nSPS) is 10.6. The molecule has 0 unspecified atom stereocenters. The number of anilines is 1. The Kier molecular flexibility index (Phi) is 5.59. The molecule has 1 aromatic heterocycles. The summed E-state index contributed by atoms with van der Waals surface area (Å²) in [4.78, 5) is 12.0. The number of aromatic nitrogens is 2. The van der Waals surface area contributed by atoms with Gasteiger partial charge in [-0.2, -0.15) is 0 Å². The molecule has 1 amide bonds. The predicted octanol–water partition coefficient (Wildman–Crippen LogP) is 4.41. The van der Waals surface area contributed by atoms with Gasteiger partial charge >= 0.3 is 0 Å². The van der Waals surface area contributed by atoms with E-state index in [1.165, 1.54) is 23.1 Å². The predicted molar refractivity (Wildman–Crippen MR) is 90.6 cm³/mol. The van der Waals surface area contributed by atoms with Crippen molar-refractivity contribution in [3.8, 4) is 0 Å². The summed E-state index contributed by atoms with van der Waals surface area (Å²) in [7, 11) is 0. The zero-order valence-electron chi connectivity index (χ0n) is 10.7. The summed E-state index contributed by atoms with van der Waals surface area (Å²) in [5.41, 5.74) is 1.86. The summed E-state index contributed by atoms with van der Waals surface area (Å²) in [6.45, 7) is 3.89. The molecular weight excluding hydrogens is 426 g/mol. The van der Waals surface area contributed by atoms with Gasteiger partial charge in [0, 0.05) is 8.95 Å². The molecule has 20 heavy (non-hydrogen) atoms. The lowest BCUT2D eigenvalue weighted by atomic mass is 10.2. The average molecular weight is 437 g/mol. The van der Waals surface area contributed by atoms with Crippen LogP contribution in [0.1, 0.15) is 10.6 Å². The van der Waals surface area contributed by atoms with Gasteiger partial charge in [0.25, 0.3) is 0 Å². The Morgan fingerprint density at radius 3 is 2.50 bits per heavy atom. The number of benzene rings is 1. The third-order valence-electron chi connectivity index (χ3n) is 2.29. The van der Waals surface area contributed by atoms with Crippen LogP contribution < -0.4 is 5.32 Å². The summed E-state index contributed by atoms with van der Waals surface area (Å²) in [5.74, 6) is 0.231. The Labute approximate surface area is 142 Å². The fourth-order valence-corrected chi connectivity index (χ4v) is 4.69. The van der Waals surface area contributed by atoms with Crippen LogP contribution in [0.4, 0.5) is 5.69 Å². The molecule has 0 saturated carbocycles. The lowest BCUT2D eigenvalue weighted by molar-refractivity contribution is -0.113. The molecule has 1 aromatic carbocycles. The quantitative estimate of drug-likeness (QED) is 0.721. The highest BCUT2D eigenvalue weighted by Crippen LogP contribution is 2.32. The van der Waals surface area contributed by atoms with Crippen LogP contribution in [0, 0.1) is 13.8 Å². The maximum absolute atomic E-state index is 12.0. The first-order valence-electron chi connectivity index (χ1n) is 5.64. The minimum absolute atomic E-state index is 0.0758. The number of hydrogen-bond donors (Lipinski definition) is 1. The number of carbonyl (C=O) groups is 1. The lowest BCUT2D eigenvalue weighted by Gasteiger charge is -2.10.